The van der Waals surface area contributed by atoms with E-state index in [0.29, 0.717) is 0 Å². The first-order chi connectivity index (χ1) is 8.16. The van der Waals surface area contributed by atoms with Crippen molar-refractivity contribution in [2.75, 3.05) is 38.2 Å². The first-order valence-electron chi connectivity index (χ1n) is 4.84. The molecule has 0 amide bonds. The standard InChI is InChI=1S/C8H14Cl2O7/c9-5-7(13-3-1-11)15-8(6-10,17-16-7)14-4-2-12/h11-12H,1-6H2/t7-,8+. The normalized spacial score (nSPS) is 33.2. The lowest BCUT2D eigenvalue weighted by atomic mass is 10.5. The third-order valence-electron chi connectivity index (χ3n) is 1.76. The van der Waals surface area contributed by atoms with Gasteiger partial charge in [0.2, 0.25) is 0 Å². The zero-order valence-corrected chi connectivity index (χ0v) is 10.4. The molecule has 9 heteroatoms. The van der Waals surface area contributed by atoms with Crippen LogP contribution >= 0.6 is 23.2 Å². The Morgan fingerprint density at radius 2 is 1.29 bits per heavy atom. The van der Waals surface area contributed by atoms with E-state index >= 15 is 0 Å². The maximum atomic E-state index is 8.65. The topological polar surface area (TPSA) is 86.6 Å². The molecule has 0 saturated carbocycles. The van der Waals surface area contributed by atoms with Crippen molar-refractivity contribution in [3.8, 4) is 0 Å². The van der Waals surface area contributed by atoms with Gasteiger partial charge in [-0.25, -0.2) is 0 Å². The van der Waals surface area contributed by atoms with Crippen LogP contribution in [0.3, 0.4) is 0 Å². The Labute approximate surface area is 108 Å². The minimum Gasteiger partial charge on any atom is -0.394 e. The molecule has 0 aromatic heterocycles. The molecule has 1 aliphatic rings. The highest BCUT2D eigenvalue weighted by molar-refractivity contribution is 6.18. The molecule has 2 N–H and O–H groups in total. The van der Waals surface area contributed by atoms with Gasteiger partial charge in [0.05, 0.1) is 26.4 Å². The summed E-state index contributed by atoms with van der Waals surface area (Å²) in [4.78, 5) is 9.63. The molecule has 1 aliphatic heterocycles. The quantitative estimate of drug-likeness (QED) is 0.472. The van der Waals surface area contributed by atoms with E-state index in [1.165, 1.54) is 0 Å². The molecule has 17 heavy (non-hydrogen) atoms. The van der Waals surface area contributed by atoms with Crippen LogP contribution in [0.2, 0.25) is 0 Å². The first kappa shape index (κ1) is 15.4. The van der Waals surface area contributed by atoms with Gasteiger partial charge in [0.25, 0.3) is 0 Å². The van der Waals surface area contributed by atoms with Crippen LogP contribution in [0.5, 0.6) is 0 Å². The fourth-order valence-electron chi connectivity index (χ4n) is 1.08. The van der Waals surface area contributed by atoms with Gasteiger partial charge < -0.3 is 19.7 Å². The van der Waals surface area contributed by atoms with Crippen molar-refractivity contribution in [2.45, 2.75) is 11.9 Å². The van der Waals surface area contributed by atoms with E-state index in [-0.39, 0.29) is 38.2 Å². The summed E-state index contributed by atoms with van der Waals surface area (Å²) in [7, 11) is 0. The second kappa shape index (κ2) is 7.03. The molecule has 7 nitrogen and oxygen atoms in total. The summed E-state index contributed by atoms with van der Waals surface area (Å²) in [6.07, 6.45) is 0. The second-order valence-electron chi connectivity index (χ2n) is 3.05. The SMILES string of the molecule is OCCO[C@@]1(CCl)OO[C@@](CCl)(OCCO)O1. The molecule has 1 saturated heterocycles. The summed E-state index contributed by atoms with van der Waals surface area (Å²) in [5.74, 6) is -3.80. The number of rotatable bonds is 8. The van der Waals surface area contributed by atoms with Crippen molar-refractivity contribution in [3.05, 3.63) is 0 Å². The zero-order chi connectivity index (χ0) is 12.8. The second-order valence-corrected chi connectivity index (χ2v) is 3.58. The molecule has 0 aliphatic carbocycles. The Bertz CT molecular complexity index is 210. The van der Waals surface area contributed by atoms with E-state index in [1.54, 1.807) is 0 Å². The third kappa shape index (κ3) is 3.88. The molecule has 0 spiro atoms. The van der Waals surface area contributed by atoms with E-state index in [4.69, 9.17) is 57.4 Å². The van der Waals surface area contributed by atoms with Crippen LogP contribution in [0.25, 0.3) is 0 Å². The van der Waals surface area contributed by atoms with Gasteiger partial charge in [0.1, 0.15) is 11.8 Å². The fraction of sp³-hybridized carbons (Fsp3) is 1.00. The van der Waals surface area contributed by atoms with Crippen LogP contribution in [-0.2, 0) is 24.0 Å². The molecule has 2 atom stereocenters. The van der Waals surface area contributed by atoms with E-state index < -0.39 is 11.9 Å². The Morgan fingerprint density at radius 1 is 0.882 bits per heavy atom. The number of aliphatic hydroxyl groups is 2. The summed E-state index contributed by atoms with van der Waals surface area (Å²) in [5, 5.41) is 17.3. The molecule has 1 fully saturated rings. The molecule has 0 radical (unpaired) electrons. The highest BCUT2D eigenvalue weighted by atomic mass is 35.5. The number of hydrogen-bond acceptors (Lipinski definition) is 7. The number of ether oxygens (including phenoxy) is 3. The van der Waals surface area contributed by atoms with Crippen LogP contribution < -0.4 is 0 Å². The van der Waals surface area contributed by atoms with Crippen molar-refractivity contribution < 1.29 is 34.2 Å². The highest BCUT2D eigenvalue weighted by Gasteiger charge is 2.55. The summed E-state index contributed by atoms with van der Waals surface area (Å²) in [6.45, 7) is -0.601. The van der Waals surface area contributed by atoms with Crippen LogP contribution in [0.15, 0.2) is 0 Å². The lowest BCUT2D eigenvalue weighted by Crippen LogP contribution is -2.43. The van der Waals surface area contributed by atoms with Crippen LogP contribution in [0.1, 0.15) is 0 Å². The maximum Gasteiger partial charge on any atom is 0.330 e. The van der Waals surface area contributed by atoms with Gasteiger partial charge in [-0.2, -0.15) is 9.78 Å². The molecule has 1 rings (SSSR count). The molecule has 1 heterocycles. The zero-order valence-electron chi connectivity index (χ0n) is 8.93. The minimum atomic E-state index is -1.69. The molecular formula is C8H14Cl2O7. The average Bonchev–Trinajstić information content (AvgIpc) is 2.75. The van der Waals surface area contributed by atoms with Crippen LogP contribution in [0, 0.1) is 0 Å². The van der Waals surface area contributed by atoms with Crippen molar-refractivity contribution in [1.82, 2.24) is 0 Å². The predicted molar refractivity (Wildman–Crippen MR) is 56.2 cm³/mol. The highest BCUT2D eigenvalue weighted by Crippen LogP contribution is 2.36. The smallest absolute Gasteiger partial charge is 0.330 e. The summed E-state index contributed by atoms with van der Waals surface area (Å²) < 4.78 is 15.4. The van der Waals surface area contributed by atoms with Gasteiger partial charge >= 0.3 is 11.9 Å². The fourth-order valence-corrected chi connectivity index (χ4v) is 1.44. The summed E-state index contributed by atoms with van der Waals surface area (Å²) >= 11 is 11.3. The van der Waals surface area contributed by atoms with Crippen molar-refractivity contribution in [1.29, 1.82) is 0 Å². The van der Waals surface area contributed by atoms with E-state index in [1.807, 2.05) is 0 Å². The molecule has 0 bridgehead atoms. The maximum absolute atomic E-state index is 8.65. The lowest BCUT2D eigenvalue weighted by molar-refractivity contribution is -0.425. The Kier molecular flexibility index (Phi) is 6.35. The van der Waals surface area contributed by atoms with Gasteiger partial charge in [0, 0.05) is 0 Å². The van der Waals surface area contributed by atoms with Crippen molar-refractivity contribution in [2.24, 2.45) is 0 Å². The summed E-state index contributed by atoms with van der Waals surface area (Å²) in [5.41, 5.74) is 0. The van der Waals surface area contributed by atoms with Gasteiger partial charge in [-0.3, -0.25) is 4.74 Å². The van der Waals surface area contributed by atoms with Crippen molar-refractivity contribution in [3.63, 3.8) is 0 Å². The Hall–Kier alpha value is 0.300. The number of halogens is 2. The first-order valence-corrected chi connectivity index (χ1v) is 5.91. The Morgan fingerprint density at radius 3 is 1.59 bits per heavy atom. The molecule has 0 aromatic rings. The van der Waals surface area contributed by atoms with E-state index in [2.05, 4.69) is 0 Å². The Balaban J connectivity index is 2.61. The van der Waals surface area contributed by atoms with E-state index in [9.17, 15) is 0 Å². The number of aliphatic hydroxyl groups excluding tert-OH is 2. The number of hydrogen-bond donors (Lipinski definition) is 2. The molecule has 102 valence electrons. The van der Waals surface area contributed by atoms with E-state index in [0.717, 1.165) is 0 Å². The molecule has 0 unspecified atom stereocenters. The summed E-state index contributed by atoms with van der Waals surface area (Å²) in [6, 6.07) is 0. The number of alkyl halides is 2. The van der Waals surface area contributed by atoms with Gasteiger partial charge in [0.15, 0.2) is 0 Å². The van der Waals surface area contributed by atoms with Crippen LogP contribution in [0.4, 0.5) is 0 Å². The molecular weight excluding hydrogens is 279 g/mol. The largest absolute Gasteiger partial charge is 0.394 e. The predicted octanol–water partition coefficient (Wildman–Crippen LogP) is -0.232. The van der Waals surface area contributed by atoms with Gasteiger partial charge in [-0.1, -0.05) is 0 Å². The molecule has 0 aromatic carbocycles. The van der Waals surface area contributed by atoms with Gasteiger partial charge in [-0.15, -0.1) is 23.2 Å². The lowest BCUT2D eigenvalue weighted by Gasteiger charge is -2.25. The minimum absolute atomic E-state index is 0.0611. The average molecular weight is 293 g/mol. The third-order valence-corrected chi connectivity index (χ3v) is 2.42. The monoisotopic (exact) mass is 292 g/mol. The van der Waals surface area contributed by atoms with Crippen molar-refractivity contribution >= 4 is 23.2 Å². The van der Waals surface area contributed by atoms with Crippen LogP contribution in [-0.4, -0.2) is 60.3 Å². The van der Waals surface area contributed by atoms with Gasteiger partial charge in [-0.05, 0) is 0 Å².